The average molecular weight is 172 g/mol. The van der Waals surface area contributed by atoms with E-state index in [1.165, 1.54) is 24.3 Å². The fraction of sp³-hybridized carbons (Fsp3) is 0.750. The fourth-order valence-corrected chi connectivity index (χ4v) is 4.11. The third-order valence-electron chi connectivity index (χ3n) is 1.55. The van der Waals surface area contributed by atoms with Gasteiger partial charge in [0.15, 0.2) is 0 Å². The third kappa shape index (κ3) is 1.65. The molecule has 1 aliphatic heterocycles. The summed E-state index contributed by atoms with van der Waals surface area (Å²) < 4.78 is 0.148. The molecule has 0 radical (unpaired) electrons. The van der Waals surface area contributed by atoms with Crippen LogP contribution in [0.3, 0.4) is 0 Å². The predicted molar refractivity (Wildman–Crippen MR) is 51.4 cm³/mol. The highest BCUT2D eigenvalue weighted by atomic mass is 32.2. The summed E-state index contributed by atoms with van der Waals surface area (Å²) in [6.45, 7) is 2.19. The normalized spacial score (nSPS) is 22.4. The van der Waals surface area contributed by atoms with Crippen LogP contribution in [0.25, 0.3) is 0 Å². The lowest BCUT2D eigenvalue weighted by Crippen LogP contribution is -2.12. The van der Waals surface area contributed by atoms with Gasteiger partial charge in [0.25, 0.3) is 0 Å². The number of hydrogen-bond acceptors (Lipinski definition) is 2. The minimum Gasteiger partial charge on any atom is -0.131 e. The van der Waals surface area contributed by atoms with E-state index in [0.717, 1.165) is 0 Å². The predicted octanol–water partition coefficient (Wildman–Crippen LogP) is 2.60. The van der Waals surface area contributed by atoms with Crippen molar-refractivity contribution < 1.29 is 0 Å². The van der Waals surface area contributed by atoms with E-state index in [0.29, 0.717) is 0 Å². The molecule has 1 fully saturated rings. The van der Waals surface area contributed by atoms with Crippen LogP contribution in [-0.2, 0) is 0 Å². The van der Waals surface area contributed by atoms with Crippen LogP contribution in [0.15, 0.2) is 0 Å². The van der Waals surface area contributed by atoms with E-state index in [1.807, 2.05) is 23.5 Å². The van der Waals surface area contributed by atoms with Crippen molar-refractivity contribution in [2.75, 3.05) is 11.5 Å². The number of terminal acetylenes is 1. The number of rotatable bonds is 2. The Morgan fingerprint density at radius 2 is 2.10 bits per heavy atom. The molecule has 0 N–H and O–H groups in total. The Balaban J connectivity index is 2.51. The fourth-order valence-electron chi connectivity index (χ4n) is 1.08. The van der Waals surface area contributed by atoms with Crippen LogP contribution in [0.1, 0.15) is 19.8 Å². The van der Waals surface area contributed by atoms with E-state index in [-0.39, 0.29) is 4.08 Å². The summed E-state index contributed by atoms with van der Waals surface area (Å²) in [6, 6.07) is 0. The van der Waals surface area contributed by atoms with Crippen molar-refractivity contribution in [2.45, 2.75) is 23.8 Å². The van der Waals surface area contributed by atoms with Gasteiger partial charge in [-0.25, -0.2) is 0 Å². The molecule has 0 unspecified atom stereocenters. The van der Waals surface area contributed by atoms with Crippen LogP contribution in [0.4, 0.5) is 0 Å². The minimum absolute atomic E-state index is 0.148. The van der Waals surface area contributed by atoms with Crippen LogP contribution in [0, 0.1) is 12.3 Å². The van der Waals surface area contributed by atoms with E-state index < -0.39 is 0 Å². The molecule has 0 saturated carbocycles. The monoisotopic (exact) mass is 172 g/mol. The van der Waals surface area contributed by atoms with Gasteiger partial charge in [0, 0.05) is 11.5 Å². The molecule has 0 spiro atoms. The van der Waals surface area contributed by atoms with Gasteiger partial charge in [-0.15, -0.1) is 29.9 Å². The molecule has 1 rings (SSSR count). The Bertz CT molecular complexity index is 140. The van der Waals surface area contributed by atoms with Crippen molar-refractivity contribution in [3.8, 4) is 12.3 Å². The summed E-state index contributed by atoms with van der Waals surface area (Å²) in [4.78, 5) is 0. The maximum Gasteiger partial charge on any atom is 0.122 e. The second-order valence-corrected chi connectivity index (χ2v) is 5.39. The Labute approximate surface area is 71.5 Å². The number of thioether (sulfide) groups is 2. The summed E-state index contributed by atoms with van der Waals surface area (Å²) in [6.07, 6.45) is 7.83. The van der Waals surface area contributed by atoms with Gasteiger partial charge >= 0.3 is 0 Å². The molecule has 0 amide bonds. The molecule has 0 bridgehead atoms. The van der Waals surface area contributed by atoms with Gasteiger partial charge in [0.05, 0.1) is 0 Å². The van der Waals surface area contributed by atoms with Gasteiger partial charge in [-0.05, 0) is 6.42 Å². The first-order valence-corrected chi connectivity index (χ1v) is 5.56. The zero-order valence-corrected chi connectivity index (χ0v) is 7.86. The van der Waals surface area contributed by atoms with Gasteiger partial charge < -0.3 is 0 Å². The summed E-state index contributed by atoms with van der Waals surface area (Å²) in [5.74, 6) is 5.37. The van der Waals surface area contributed by atoms with E-state index in [4.69, 9.17) is 6.42 Å². The Morgan fingerprint density at radius 3 is 2.50 bits per heavy atom. The first-order valence-electron chi connectivity index (χ1n) is 3.58. The van der Waals surface area contributed by atoms with E-state index >= 15 is 0 Å². The maximum absolute atomic E-state index is 5.46. The summed E-state index contributed by atoms with van der Waals surface area (Å²) >= 11 is 3.88. The van der Waals surface area contributed by atoms with Gasteiger partial charge in [-0.1, -0.05) is 19.3 Å². The Hall–Kier alpha value is 0.260. The first-order chi connectivity index (χ1) is 4.83. The van der Waals surface area contributed by atoms with Crippen molar-refractivity contribution in [3.05, 3.63) is 0 Å². The molecule has 0 aromatic rings. The van der Waals surface area contributed by atoms with Crippen molar-refractivity contribution in [1.29, 1.82) is 0 Å². The Kier molecular flexibility index (Phi) is 3.00. The lowest BCUT2D eigenvalue weighted by Gasteiger charge is -2.18. The third-order valence-corrected chi connectivity index (χ3v) is 4.91. The van der Waals surface area contributed by atoms with E-state index in [2.05, 4.69) is 12.8 Å². The Morgan fingerprint density at radius 1 is 1.50 bits per heavy atom. The van der Waals surface area contributed by atoms with E-state index in [1.54, 1.807) is 0 Å². The largest absolute Gasteiger partial charge is 0.131 e. The average Bonchev–Trinajstić information content (AvgIpc) is 2.39. The molecule has 0 nitrogen and oxygen atoms in total. The number of hydrogen-bond donors (Lipinski definition) is 0. The molecular formula is C8H12S2. The second-order valence-electron chi connectivity index (χ2n) is 2.34. The van der Waals surface area contributed by atoms with Gasteiger partial charge in [0.2, 0.25) is 0 Å². The van der Waals surface area contributed by atoms with Gasteiger partial charge in [-0.2, -0.15) is 0 Å². The molecule has 2 heteroatoms. The van der Waals surface area contributed by atoms with E-state index in [9.17, 15) is 0 Å². The highest BCUT2D eigenvalue weighted by molar-refractivity contribution is 8.21. The maximum atomic E-state index is 5.46. The molecule has 0 atom stereocenters. The topological polar surface area (TPSA) is 0 Å². The molecule has 1 aliphatic rings. The van der Waals surface area contributed by atoms with Crippen LogP contribution >= 0.6 is 23.5 Å². The van der Waals surface area contributed by atoms with Crippen molar-refractivity contribution in [1.82, 2.24) is 0 Å². The molecule has 1 saturated heterocycles. The van der Waals surface area contributed by atoms with Gasteiger partial charge in [-0.3, -0.25) is 0 Å². The summed E-state index contributed by atoms with van der Waals surface area (Å²) in [5.41, 5.74) is 0. The zero-order valence-electron chi connectivity index (χ0n) is 6.22. The van der Waals surface area contributed by atoms with Crippen LogP contribution in [0.2, 0.25) is 0 Å². The second kappa shape index (κ2) is 3.59. The molecule has 10 heavy (non-hydrogen) atoms. The standard InChI is InChI=1S/C8H12S2/c1-3-5-8(4-2)9-6-7-10-8/h2H,3,5-7H2,1H3. The van der Waals surface area contributed by atoms with Crippen molar-refractivity contribution in [2.24, 2.45) is 0 Å². The smallest absolute Gasteiger partial charge is 0.122 e. The van der Waals surface area contributed by atoms with Crippen molar-refractivity contribution in [3.63, 3.8) is 0 Å². The molecule has 0 aromatic carbocycles. The van der Waals surface area contributed by atoms with Crippen LogP contribution in [-0.4, -0.2) is 15.6 Å². The molecular weight excluding hydrogens is 160 g/mol. The quantitative estimate of drug-likeness (QED) is 0.587. The lowest BCUT2D eigenvalue weighted by molar-refractivity contribution is 0.811. The minimum atomic E-state index is 0.148. The molecule has 56 valence electrons. The summed E-state index contributed by atoms with van der Waals surface area (Å²) in [5, 5.41) is 0. The van der Waals surface area contributed by atoms with Crippen LogP contribution < -0.4 is 0 Å². The SMILES string of the molecule is C#CC1(CCC)SCCS1. The van der Waals surface area contributed by atoms with Crippen molar-refractivity contribution >= 4 is 23.5 Å². The molecule has 0 aliphatic carbocycles. The highest BCUT2D eigenvalue weighted by Gasteiger charge is 2.32. The summed E-state index contributed by atoms with van der Waals surface area (Å²) in [7, 11) is 0. The highest BCUT2D eigenvalue weighted by Crippen LogP contribution is 2.46. The lowest BCUT2D eigenvalue weighted by atomic mass is 10.2. The zero-order chi connectivity index (χ0) is 7.45. The first kappa shape index (κ1) is 8.36. The molecule has 0 aromatic heterocycles. The molecule has 1 heterocycles. The van der Waals surface area contributed by atoms with Gasteiger partial charge in [0.1, 0.15) is 4.08 Å². The van der Waals surface area contributed by atoms with Crippen LogP contribution in [0.5, 0.6) is 0 Å².